The molecule has 2 aromatic carbocycles. The van der Waals surface area contributed by atoms with Crippen LogP contribution in [0.5, 0.6) is 28.7 Å². The molecule has 28 heavy (non-hydrogen) atoms. The van der Waals surface area contributed by atoms with E-state index in [0.717, 1.165) is 0 Å². The number of hydrogen-bond donors (Lipinski definition) is 1. The predicted molar refractivity (Wildman–Crippen MR) is 98.6 cm³/mol. The number of allylic oxidation sites excluding steroid dienone is 1. The Morgan fingerprint density at radius 1 is 1.04 bits per heavy atom. The lowest BCUT2D eigenvalue weighted by Crippen LogP contribution is -2.09. The van der Waals surface area contributed by atoms with Crippen molar-refractivity contribution >= 4 is 17.8 Å². The molecular formula is C20H18O8. The maximum Gasteiger partial charge on any atom is 0.341 e. The van der Waals surface area contributed by atoms with E-state index in [4.69, 9.17) is 28.8 Å². The Morgan fingerprint density at radius 2 is 1.71 bits per heavy atom. The van der Waals surface area contributed by atoms with Gasteiger partial charge in [0.2, 0.25) is 5.78 Å². The topological polar surface area (TPSA) is 101 Å². The molecule has 2 aromatic rings. The zero-order chi connectivity index (χ0) is 20.3. The number of hydrogen-bond acceptors (Lipinski definition) is 7. The van der Waals surface area contributed by atoms with Crippen LogP contribution in [0.1, 0.15) is 15.9 Å². The van der Waals surface area contributed by atoms with Crippen LogP contribution in [0.25, 0.3) is 6.08 Å². The van der Waals surface area contributed by atoms with E-state index in [-0.39, 0.29) is 11.5 Å². The highest BCUT2D eigenvalue weighted by Gasteiger charge is 2.28. The van der Waals surface area contributed by atoms with Gasteiger partial charge in [0.15, 0.2) is 23.9 Å². The number of benzene rings is 2. The molecule has 0 aromatic heterocycles. The van der Waals surface area contributed by atoms with Crippen molar-refractivity contribution < 1.29 is 38.4 Å². The third-order valence-electron chi connectivity index (χ3n) is 4.03. The van der Waals surface area contributed by atoms with Gasteiger partial charge in [0, 0.05) is 17.7 Å². The summed E-state index contributed by atoms with van der Waals surface area (Å²) in [5.41, 5.74) is 0.923. The maximum atomic E-state index is 12.6. The molecule has 0 spiro atoms. The Morgan fingerprint density at radius 3 is 2.36 bits per heavy atom. The van der Waals surface area contributed by atoms with E-state index in [2.05, 4.69) is 0 Å². The van der Waals surface area contributed by atoms with Gasteiger partial charge in [-0.1, -0.05) is 0 Å². The fourth-order valence-electron chi connectivity index (χ4n) is 2.71. The molecule has 0 fully saturated rings. The highest BCUT2D eigenvalue weighted by atomic mass is 16.5. The number of aliphatic carboxylic acids is 1. The van der Waals surface area contributed by atoms with Crippen LogP contribution in [-0.4, -0.2) is 44.8 Å². The zero-order valence-corrected chi connectivity index (χ0v) is 15.5. The number of carboxylic acids is 1. The van der Waals surface area contributed by atoms with Gasteiger partial charge in [0.05, 0.1) is 26.9 Å². The zero-order valence-electron chi connectivity index (χ0n) is 15.5. The first-order valence-electron chi connectivity index (χ1n) is 8.19. The van der Waals surface area contributed by atoms with Crippen LogP contribution in [0, 0.1) is 0 Å². The van der Waals surface area contributed by atoms with Crippen molar-refractivity contribution in [2.45, 2.75) is 0 Å². The lowest BCUT2D eigenvalue weighted by atomic mass is 10.1. The number of rotatable bonds is 7. The summed E-state index contributed by atoms with van der Waals surface area (Å²) in [5, 5.41) is 8.70. The van der Waals surface area contributed by atoms with Gasteiger partial charge in [-0.2, -0.15) is 0 Å². The van der Waals surface area contributed by atoms with Crippen LogP contribution in [0.2, 0.25) is 0 Å². The number of carboxylic acid groups (broad SMARTS) is 1. The van der Waals surface area contributed by atoms with Crippen molar-refractivity contribution in [1.29, 1.82) is 0 Å². The molecule has 3 rings (SSSR count). The van der Waals surface area contributed by atoms with Crippen molar-refractivity contribution in [2.75, 3.05) is 27.9 Å². The van der Waals surface area contributed by atoms with Crippen LogP contribution in [0.3, 0.4) is 0 Å². The summed E-state index contributed by atoms with van der Waals surface area (Å²) in [6.07, 6.45) is 1.54. The number of carbonyl (C=O) groups is 2. The summed E-state index contributed by atoms with van der Waals surface area (Å²) in [4.78, 5) is 23.3. The van der Waals surface area contributed by atoms with E-state index in [1.54, 1.807) is 18.2 Å². The number of ether oxygens (including phenoxy) is 5. The SMILES string of the molecule is COc1cc(OC)c(OC)cc1/C=C1/Oc2cc(OCC(=O)O)ccc2C1=O. The van der Waals surface area contributed by atoms with Gasteiger partial charge < -0.3 is 28.8 Å². The summed E-state index contributed by atoms with van der Waals surface area (Å²) in [5.74, 6) is 0.706. The van der Waals surface area contributed by atoms with E-state index in [0.29, 0.717) is 39.9 Å². The fourth-order valence-corrected chi connectivity index (χ4v) is 2.71. The summed E-state index contributed by atoms with van der Waals surface area (Å²) in [6.45, 7) is -0.488. The third kappa shape index (κ3) is 3.71. The van der Waals surface area contributed by atoms with E-state index in [1.165, 1.54) is 39.5 Å². The molecular weight excluding hydrogens is 368 g/mol. The molecule has 1 N–H and O–H groups in total. The Labute approximate surface area is 160 Å². The summed E-state index contributed by atoms with van der Waals surface area (Å²) in [6, 6.07) is 7.84. The quantitative estimate of drug-likeness (QED) is 0.725. The van der Waals surface area contributed by atoms with Crippen molar-refractivity contribution in [1.82, 2.24) is 0 Å². The van der Waals surface area contributed by atoms with Crippen molar-refractivity contribution in [2.24, 2.45) is 0 Å². The molecule has 0 atom stereocenters. The molecule has 1 heterocycles. The molecule has 1 aliphatic rings. The van der Waals surface area contributed by atoms with E-state index < -0.39 is 12.6 Å². The standard InChI is InChI=1S/C20H18O8/c1-24-14-9-17(26-3)16(25-2)6-11(14)7-18-20(23)13-5-4-12(8-15(13)28-18)27-10-19(21)22/h4-9H,10H2,1-3H3,(H,21,22)/b18-7+. The molecule has 146 valence electrons. The van der Waals surface area contributed by atoms with E-state index in [9.17, 15) is 9.59 Å². The molecule has 0 bridgehead atoms. The van der Waals surface area contributed by atoms with Gasteiger partial charge in [-0.3, -0.25) is 4.79 Å². The summed E-state index contributed by atoms with van der Waals surface area (Å²) < 4.78 is 26.7. The summed E-state index contributed by atoms with van der Waals surface area (Å²) >= 11 is 0. The minimum Gasteiger partial charge on any atom is -0.496 e. The highest BCUT2D eigenvalue weighted by molar-refractivity contribution is 6.14. The first kappa shape index (κ1) is 19.1. The van der Waals surface area contributed by atoms with Gasteiger partial charge in [-0.15, -0.1) is 0 Å². The van der Waals surface area contributed by atoms with Gasteiger partial charge in [-0.05, 0) is 24.3 Å². The lowest BCUT2D eigenvalue weighted by Gasteiger charge is -2.12. The maximum absolute atomic E-state index is 12.6. The van der Waals surface area contributed by atoms with Crippen LogP contribution in [0.4, 0.5) is 0 Å². The molecule has 0 unspecified atom stereocenters. The van der Waals surface area contributed by atoms with Gasteiger partial charge in [-0.25, -0.2) is 4.79 Å². The van der Waals surface area contributed by atoms with Gasteiger partial charge in [0.25, 0.3) is 0 Å². The molecule has 0 saturated heterocycles. The van der Waals surface area contributed by atoms with Gasteiger partial charge >= 0.3 is 5.97 Å². The molecule has 0 radical (unpaired) electrons. The number of Topliss-reactive ketones (excluding diaryl/α,β-unsaturated/α-hetero) is 1. The normalized spacial score (nSPS) is 13.7. The largest absolute Gasteiger partial charge is 0.496 e. The van der Waals surface area contributed by atoms with Crippen LogP contribution < -0.4 is 23.7 Å². The van der Waals surface area contributed by atoms with Crippen molar-refractivity contribution in [3.8, 4) is 28.7 Å². The smallest absolute Gasteiger partial charge is 0.341 e. The minimum absolute atomic E-state index is 0.0934. The number of fused-ring (bicyclic) bond motifs is 1. The average Bonchev–Trinajstić information content (AvgIpc) is 3.00. The molecule has 0 amide bonds. The Hall–Kier alpha value is -3.68. The first-order chi connectivity index (χ1) is 13.5. The second kappa shape index (κ2) is 7.91. The molecule has 8 nitrogen and oxygen atoms in total. The van der Waals surface area contributed by atoms with Crippen molar-refractivity contribution in [3.05, 3.63) is 47.2 Å². The second-order valence-corrected chi connectivity index (χ2v) is 5.73. The fraction of sp³-hybridized carbons (Fsp3) is 0.200. The van der Waals surface area contributed by atoms with Crippen LogP contribution in [0.15, 0.2) is 36.1 Å². The predicted octanol–water partition coefficient (Wildman–Crippen LogP) is 2.79. The first-order valence-corrected chi connectivity index (χ1v) is 8.19. The number of methoxy groups -OCH3 is 3. The molecule has 0 aliphatic carbocycles. The van der Waals surface area contributed by atoms with Crippen LogP contribution >= 0.6 is 0 Å². The monoisotopic (exact) mass is 386 g/mol. The second-order valence-electron chi connectivity index (χ2n) is 5.73. The van der Waals surface area contributed by atoms with E-state index >= 15 is 0 Å². The number of ketones is 1. The van der Waals surface area contributed by atoms with Gasteiger partial charge in [0.1, 0.15) is 17.2 Å². The third-order valence-corrected chi connectivity index (χ3v) is 4.03. The molecule has 8 heteroatoms. The Balaban J connectivity index is 1.93. The molecule has 1 aliphatic heterocycles. The summed E-state index contributed by atoms with van der Waals surface area (Å²) in [7, 11) is 4.52. The lowest BCUT2D eigenvalue weighted by molar-refractivity contribution is -0.139. The van der Waals surface area contributed by atoms with Crippen LogP contribution in [-0.2, 0) is 4.79 Å². The molecule has 0 saturated carbocycles. The highest BCUT2D eigenvalue weighted by Crippen LogP contribution is 2.38. The number of carbonyl (C=O) groups excluding carboxylic acids is 1. The van der Waals surface area contributed by atoms with Crippen molar-refractivity contribution in [3.63, 3.8) is 0 Å². The Bertz CT molecular complexity index is 961. The average molecular weight is 386 g/mol. The van der Waals surface area contributed by atoms with E-state index in [1.807, 2.05) is 0 Å². The Kier molecular flexibility index (Phi) is 5.39. The minimum atomic E-state index is -1.10.